The Hall–Kier alpha value is -1.89. The maximum Gasteiger partial charge on any atom is 0.0714 e. The summed E-state index contributed by atoms with van der Waals surface area (Å²) in [7, 11) is 0. The summed E-state index contributed by atoms with van der Waals surface area (Å²) < 4.78 is 0. The fourth-order valence-electron chi connectivity index (χ4n) is 2.67. The fraction of sp³-hybridized carbons (Fsp3) is 0.278. The first-order valence-corrected chi connectivity index (χ1v) is 7.07. The highest BCUT2D eigenvalue weighted by Crippen LogP contribution is 2.27. The zero-order valence-electron chi connectivity index (χ0n) is 11.6. The zero-order chi connectivity index (χ0) is 13.2. The molecule has 1 heterocycles. The van der Waals surface area contributed by atoms with Crippen LogP contribution in [0.3, 0.4) is 0 Å². The molecule has 3 rings (SSSR count). The van der Waals surface area contributed by atoms with E-state index in [1.807, 2.05) is 0 Å². The summed E-state index contributed by atoms with van der Waals surface area (Å²) in [5.74, 6) is 0. The number of pyridine rings is 1. The van der Waals surface area contributed by atoms with E-state index in [-0.39, 0.29) is 0 Å². The average molecular weight is 249 g/mol. The van der Waals surface area contributed by atoms with E-state index in [1.165, 1.54) is 40.3 Å². The van der Waals surface area contributed by atoms with Gasteiger partial charge in [-0.1, -0.05) is 49.7 Å². The van der Waals surface area contributed by atoms with Gasteiger partial charge in [-0.3, -0.25) is 4.98 Å². The van der Waals surface area contributed by atoms with Crippen molar-refractivity contribution in [3.8, 4) is 0 Å². The topological polar surface area (TPSA) is 12.9 Å². The second kappa shape index (κ2) is 5.00. The van der Waals surface area contributed by atoms with E-state index >= 15 is 0 Å². The van der Waals surface area contributed by atoms with Gasteiger partial charge in [0.25, 0.3) is 0 Å². The van der Waals surface area contributed by atoms with E-state index in [0.717, 1.165) is 11.9 Å². The number of nitrogens with zero attached hydrogens (tertiary/aromatic N) is 1. The molecular formula is C18H19N. The van der Waals surface area contributed by atoms with E-state index in [4.69, 9.17) is 4.98 Å². The van der Waals surface area contributed by atoms with Crippen LogP contribution in [0.1, 0.15) is 31.0 Å². The first-order chi connectivity index (χ1) is 9.29. The van der Waals surface area contributed by atoms with Gasteiger partial charge in [0.2, 0.25) is 0 Å². The second-order valence-electron chi connectivity index (χ2n) is 5.23. The van der Waals surface area contributed by atoms with Crippen LogP contribution in [0.5, 0.6) is 0 Å². The van der Waals surface area contributed by atoms with Gasteiger partial charge in [0, 0.05) is 16.5 Å². The Morgan fingerprint density at radius 3 is 2.53 bits per heavy atom. The molecule has 0 aliphatic rings. The number of fused-ring (bicyclic) bond motifs is 3. The highest BCUT2D eigenvalue weighted by atomic mass is 14.7. The average Bonchev–Trinajstić information content (AvgIpc) is 2.44. The third kappa shape index (κ3) is 2.21. The van der Waals surface area contributed by atoms with Crippen molar-refractivity contribution < 1.29 is 0 Å². The molecule has 1 aromatic heterocycles. The van der Waals surface area contributed by atoms with Gasteiger partial charge in [-0.15, -0.1) is 0 Å². The standard InChI is InChI=1S/C18H19N/c1-3-4-9-17-15-8-6-5-7-14(15)16-11-10-13(2)12-18(16)19-17/h5-8,10-12H,3-4,9H2,1-2H3. The van der Waals surface area contributed by atoms with Gasteiger partial charge in [-0.2, -0.15) is 0 Å². The molecule has 2 aromatic carbocycles. The SMILES string of the molecule is CCCCc1nc2cc(C)ccc2c2ccccc12. The molecule has 0 unspecified atom stereocenters. The molecule has 96 valence electrons. The molecule has 0 fully saturated rings. The van der Waals surface area contributed by atoms with Crippen molar-refractivity contribution in [1.29, 1.82) is 0 Å². The molecule has 0 atom stereocenters. The van der Waals surface area contributed by atoms with Crippen LogP contribution in [0.4, 0.5) is 0 Å². The van der Waals surface area contributed by atoms with Crippen molar-refractivity contribution in [2.45, 2.75) is 33.1 Å². The van der Waals surface area contributed by atoms with E-state index in [0.29, 0.717) is 0 Å². The van der Waals surface area contributed by atoms with Gasteiger partial charge in [0.1, 0.15) is 0 Å². The molecule has 19 heavy (non-hydrogen) atoms. The van der Waals surface area contributed by atoms with E-state index in [2.05, 4.69) is 56.3 Å². The first-order valence-electron chi connectivity index (χ1n) is 7.07. The Labute approximate surface area is 114 Å². The van der Waals surface area contributed by atoms with Crippen molar-refractivity contribution in [3.63, 3.8) is 0 Å². The summed E-state index contributed by atoms with van der Waals surface area (Å²) in [6.45, 7) is 4.36. The lowest BCUT2D eigenvalue weighted by Gasteiger charge is -2.09. The number of rotatable bonds is 3. The normalized spacial score (nSPS) is 11.3. The first kappa shape index (κ1) is 12.2. The molecule has 0 N–H and O–H groups in total. The van der Waals surface area contributed by atoms with Crippen LogP contribution < -0.4 is 0 Å². The highest BCUT2D eigenvalue weighted by molar-refractivity contribution is 6.06. The van der Waals surface area contributed by atoms with Crippen LogP contribution in [0.15, 0.2) is 42.5 Å². The Bertz CT molecular complexity index is 728. The van der Waals surface area contributed by atoms with E-state index < -0.39 is 0 Å². The van der Waals surface area contributed by atoms with Gasteiger partial charge in [0.05, 0.1) is 5.52 Å². The van der Waals surface area contributed by atoms with Crippen LogP contribution in [0.2, 0.25) is 0 Å². The predicted molar refractivity (Wildman–Crippen MR) is 82.6 cm³/mol. The van der Waals surface area contributed by atoms with E-state index in [9.17, 15) is 0 Å². The molecule has 0 saturated heterocycles. The quantitative estimate of drug-likeness (QED) is 0.593. The lowest BCUT2D eigenvalue weighted by Crippen LogP contribution is -1.94. The minimum atomic E-state index is 1.07. The minimum absolute atomic E-state index is 1.07. The maximum absolute atomic E-state index is 4.90. The van der Waals surface area contributed by atoms with Crippen LogP contribution in [0, 0.1) is 6.92 Å². The minimum Gasteiger partial charge on any atom is -0.252 e. The third-order valence-electron chi connectivity index (χ3n) is 3.70. The molecule has 0 amide bonds. The van der Waals surface area contributed by atoms with Crippen molar-refractivity contribution in [1.82, 2.24) is 4.98 Å². The molecular weight excluding hydrogens is 230 g/mol. The zero-order valence-corrected chi connectivity index (χ0v) is 11.6. The Balaban J connectivity index is 2.32. The number of aryl methyl sites for hydroxylation is 2. The summed E-state index contributed by atoms with van der Waals surface area (Å²) in [5.41, 5.74) is 3.65. The van der Waals surface area contributed by atoms with Crippen LogP contribution in [-0.4, -0.2) is 4.98 Å². The Morgan fingerprint density at radius 2 is 1.74 bits per heavy atom. The van der Waals surface area contributed by atoms with Crippen molar-refractivity contribution >= 4 is 21.7 Å². The third-order valence-corrected chi connectivity index (χ3v) is 3.70. The molecule has 3 aromatic rings. The predicted octanol–water partition coefficient (Wildman–Crippen LogP) is 5.04. The smallest absolute Gasteiger partial charge is 0.0714 e. The van der Waals surface area contributed by atoms with Crippen molar-refractivity contribution in [2.75, 3.05) is 0 Å². The molecule has 1 nitrogen and oxygen atoms in total. The van der Waals surface area contributed by atoms with Gasteiger partial charge >= 0.3 is 0 Å². The summed E-state index contributed by atoms with van der Waals surface area (Å²) in [6, 6.07) is 15.2. The lowest BCUT2D eigenvalue weighted by molar-refractivity contribution is 0.785. The molecule has 0 saturated carbocycles. The summed E-state index contributed by atoms with van der Waals surface area (Å²) in [6.07, 6.45) is 3.48. The van der Waals surface area contributed by atoms with Crippen LogP contribution in [0.25, 0.3) is 21.7 Å². The number of unbranched alkanes of at least 4 members (excludes halogenated alkanes) is 1. The fourth-order valence-corrected chi connectivity index (χ4v) is 2.67. The molecule has 0 aliphatic heterocycles. The van der Waals surface area contributed by atoms with Crippen LogP contribution in [-0.2, 0) is 6.42 Å². The molecule has 0 spiro atoms. The number of hydrogen-bond acceptors (Lipinski definition) is 1. The lowest BCUT2D eigenvalue weighted by atomic mass is 10.0. The maximum atomic E-state index is 4.90. The highest BCUT2D eigenvalue weighted by Gasteiger charge is 2.07. The van der Waals surface area contributed by atoms with Crippen molar-refractivity contribution in [3.05, 3.63) is 53.7 Å². The van der Waals surface area contributed by atoms with Gasteiger partial charge in [-0.05, 0) is 36.8 Å². The molecule has 1 heteroatoms. The Kier molecular flexibility index (Phi) is 3.20. The van der Waals surface area contributed by atoms with E-state index in [1.54, 1.807) is 0 Å². The van der Waals surface area contributed by atoms with Gasteiger partial charge in [-0.25, -0.2) is 0 Å². The van der Waals surface area contributed by atoms with Gasteiger partial charge in [0.15, 0.2) is 0 Å². The molecule has 0 aliphatic carbocycles. The number of aromatic nitrogens is 1. The monoisotopic (exact) mass is 249 g/mol. The summed E-state index contributed by atoms with van der Waals surface area (Å²) in [4.78, 5) is 4.90. The number of hydrogen-bond donors (Lipinski definition) is 0. The molecule has 0 radical (unpaired) electrons. The number of benzene rings is 2. The van der Waals surface area contributed by atoms with Crippen molar-refractivity contribution in [2.24, 2.45) is 0 Å². The summed E-state index contributed by atoms with van der Waals surface area (Å²) in [5, 5.41) is 3.91. The van der Waals surface area contributed by atoms with Gasteiger partial charge < -0.3 is 0 Å². The Morgan fingerprint density at radius 1 is 0.947 bits per heavy atom. The largest absolute Gasteiger partial charge is 0.252 e. The summed E-state index contributed by atoms with van der Waals surface area (Å²) >= 11 is 0. The second-order valence-corrected chi connectivity index (χ2v) is 5.23. The van der Waals surface area contributed by atoms with Crippen LogP contribution >= 0.6 is 0 Å². The molecule has 0 bridgehead atoms.